The Morgan fingerprint density at radius 2 is 1.59 bits per heavy atom. The quantitative estimate of drug-likeness (QED) is 0.167. The van der Waals surface area contributed by atoms with Crippen molar-refractivity contribution >= 4 is 34.6 Å². The number of carbonyl (C=O) groups excluding carboxylic acids is 1. The van der Waals surface area contributed by atoms with Crippen LogP contribution in [0.15, 0.2) is 106 Å². The Morgan fingerprint density at radius 3 is 2.22 bits per heavy atom. The van der Waals surface area contributed by atoms with Crippen molar-refractivity contribution in [1.82, 2.24) is 9.88 Å². The van der Waals surface area contributed by atoms with Crippen LogP contribution in [0.25, 0.3) is 10.9 Å². The van der Waals surface area contributed by atoms with Crippen LogP contribution in [0.2, 0.25) is 0 Å². The molecule has 0 bridgehead atoms. The van der Waals surface area contributed by atoms with Crippen LogP contribution in [0.1, 0.15) is 29.2 Å². The summed E-state index contributed by atoms with van der Waals surface area (Å²) in [4.78, 5) is 47.0. The number of para-hydroxylation sites is 1. The van der Waals surface area contributed by atoms with Crippen LogP contribution >= 0.6 is 0 Å². The molecule has 0 saturated carbocycles. The van der Waals surface area contributed by atoms with Gasteiger partial charge in [-0.2, -0.15) is 4.98 Å². The van der Waals surface area contributed by atoms with Gasteiger partial charge in [0.25, 0.3) is 6.01 Å². The highest BCUT2D eigenvalue weighted by atomic mass is 16.5. The zero-order chi connectivity index (χ0) is 32.6. The Hall–Kier alpha value is -5.64. The molecule has 5 rings (SSSR count). The predicted octanol–water partition coefficient (Wildman–Crippen LogP) is 6.26. The third-order valence-electron chi connectivity index (χ3n) is 7.90. The molecule has 1 heterocycles. The highest BCUT2D eigenvalue weighted by Crippen LogP contribution is 2.24. The van der Waals surface area contributed by atoms with Gasteiger partial charge in [-0.3, -0.25) is 9.69 Å². The number of fused-ring (bicyclic) bond motifs is 1. The average Bonchev–Trinajstić information content (AvgIpc) is 3.07. The Morgan fingerprint density at radius 1 is 0.913 bits per heavy atom. The minimum Gasteiger partial charge on any atom is -0.497 e. The van der Waals surface area contributed by atoms with E-state index in [0.717, 1.165) is 11.1 Å². The molecular weight excluding hydrogens is 584 g/mol. The van der Waals surface area contributed by atoms with E-state index in [-0.39, 0.29) is 23.9 Å². The van der Waals surface area contributed by atoms with Gasteiger partial charge in [0.2, 0.25) is 5.91 Å². The number of carbonyl (C=O) groups is 2. The number of ether oxygens (including phenoxy) is 1. The van der Waals surface area contributed by atoms with Crippen molar-refractivity contribution in [2.24, 2.45) is 0 Å². The number of methoxy groups -OCH3 is 1. The molecule has 0 fully saturated rings. The number of amides is 2. The van der Waals surface area contributed by atoms with Gasteiger partial charge in [0, 0.05) is 25.2 Å². The molecule has 5 aromatic rings. The van der Waals surface area contributed by atoms with E-state index in [2.05, 4.69) is 10.3 Å². The molecule has 46 heavy (non-hydrogen) atoms. The van der Waals surface area contributed by atoms with Crippen molar-refractivity contribution in [3.63, 3.8) is 0 Å². The van der Waals surface area contributed by atoms with E-state index in [1.54, 1.807) is 55.3 Å². The third-order valence-corrected chi connectivity index (χ3v) is 7.90. The number of aryl methyl sites for hydroxylation is 1. The highest BCUT2D eigenvalue weighted by molar-refractivity contribution is 5.88. The fourth-order valence-electron chi connectivity index (χ4n) is 5.36. The summed E-state index contributed by atoms with van der Waals surface area (Å²) in [5, 5.41) is 13.2. The van der Waals surface area contributed by atoms with Crippen LogP contribution < -0.4 is 20.6 Å². The van der Waals surface area contributed by atoms with E-state index in [9.17, 15) is 19.5 Å². The van der Waals surface area contributed by atoms with Crippen LogP contribution in [-0.4, -0.2) is 46.7 Å². The highest BCUT2D eigenvalue weighted by Gasteiger charge is 2.26. The van der Waals surface area contributed by atoms with Gasteiger partial charge in [-0.05, 0) is 66.4 Å². The fourth-order valence-corrected chi connectivity index (χ4v) is 5.36. The van der Waals surface area contributed by atoms with Gasteiger partial charge in [-0.15, -0.1) is 0 Å². The Bertz CT molecular complexity index is 1860. The molecule has 0 unspecified atom stereocenters. The molecule has 2 N–H and O–H groups in total. The topological polar surface area (TPSA) is 125 Å². The molecule has 0 radical (unpaired) electrons. The minimum atomic E-state index is -1.11. The lowest BCUT2D eigenvalue weighted by molar-refractivity contribution is -0.132. The third kappa shape index (κ3) is 7.35. The van der Waals surface area contributed by atoms with Gasteiger partial charge >= 0.3 is 11.7 Å². The van der Waals surface area contributed by atoms with Gasteiger partial charge in [0.05, 0.1) is 24.6 Å². The van der Waals surface area contributed by atoms with E-state index >= 15 is 0 Å². The monoisotopic (exact) mass is 620 g/mol. The first-order chi connectivity index (χ1) is 22.3. The molecule has 10 heteroatoms. The van der Waals surface area contributed by atoms with E-state index < -0.39 is 17.8 Å². The standard InChI is InChI=1S/C36H36N4O6/c1-4-39(22-26-11-7-5-8-12-26)33(41)31(21-25-15-18-29(45-3)19-16-25)38-35-37-30-20-17-27(24(2)32(30)34(42)46-35)23-40(36(43)44)28-13-9-6-10-14-28/h5-20,31H,4,21-23H2,1-3H3,(H,37,38)(H,43,44)/t31-/m0/s1. The molecular formula is C36H36N4O6. The summed E-state index contributed by atoms with van der Waals surface area (Å²) in [5.41, 5.74) is 3.33. The van der Waals surface area contributed by atoms with E-state index in [0.29, 0.717) is 47.6 Å². The Kier molecular flexibility index (Phi) is 9.97. The summed E-state index contributed by atoms with van der Waals surface area (Å²) in [6.45, 7) is 4.59. The van der Waals surface area contributed by atoms with E-state index in [1.807, 2.05) is 67.6 Å². The van der Waals surface area contributed by atoms with Crippen molar-refractivity contribution in [1.29, 1.82) is 0 Å². The smallest absolute Gasteiger partial charge is 0.412 e. The molecule has 1 atom stereocenters. The molecule has 0 spiro atoms. The molecule has 10 nitrogen and oxygen atoms in total. The molecule has 2 amide bonds. The number of benzene rings is 4. The second-order valence-corrected chi connectivity index (χ2v) is 10.8. The Labute approximate surface area is 266 Å². The van der Waals surface area contributed by atoms with Crippen molar-refractivity contribution in [3.8, 4) is 5.75 Å². The number of hydrogen-bond acceptors (Lipinski definition) is 7. The van der Waals surface area contributed by atoms with Gasteiger partial charge in [0.15, 0.2) is 0 Å². The molecule has 1 aromatic heterocycles. The van der Waals surface area contributed by atoms with Gasteiger partial charge in [-0.25, -0.2) is 9.59 Å². The molecule has 4 aromatic carbocycles. The van der Waals surface area contributed by atoms with Crippen LogP contribution in [0.4, 0.5) is 16.5 Å². The summed E-state index contributed by atoms with van der Waals surface area (Å²) in [6.07, 6.45) is -0.809. The van der Waals surface area contributed by atoms with Crippen molar-refractivity contribution in [3.05, 3.63) is 130 Å². The summed E-state index contributed by atoms with van der Waals surface area (Å²) in [6, 6.07) is 28.5. The fraction of sp³-hybridized carbons (Fsp3) is 0.222. The number of nitrogens with one attached hydrogen (secondary N) is 1. The molecule has 0 aliphatic carbocycles. The summed E-state index contributed by atoms with van der Waals surface area (Å²) in [7, 11) is 1.59. The van der Waals surface area contributed by atoms with Gasteiger partial charge in [0.1, 0.15) is 11.8 Å². The molecule has 0 aliphatic rings. The van der Waals surface area contributed by atoms with Gasteiger partial charge < -0.3 is 24.5 Å². The first kappa shape index (κ1) is 31.8. The maximum Gasteiger partial charge on any atom is 0.412 e. The normalized spacial score (nSPS) is 11.5. The second-order valence-electron chi connectivity index (χ2n) is 10.8. The lowest BCUT2D eigenvalue weighted by Gasteiger charge is -2.27. The number of anilines is 2. The maximum atomic E-state index is 14.0. The minimum absolute atomic E-state index is 0.0350. The van der Waals surface area contributed by atoms with Crippen molar-refractivity contribution < 1.29 is 23.8 Å². The van der Waals surface area contributed by atoms with Crippen molar-refractivity contribution in [2.45, 2.75) is 39.4 Å². The van der Waals surface area contributed by atoms with E-state index in [1.165, 1.54) is 4.90 Å². The predicted molar refractivity (Wildman–Crippen MR) is 177 cm³/mol. The number of hydrogen-bond donors (Lipinski definition) is 2. The molecule has 0 aliphatic heterocycles. The van der Waals surface area contributed by atoms with Crippen LogP contribution in [-0.2, 0) is 24.3 Å². The lowest BCUT2D eigenvalue weighted by Crippen LogP contribution is -2.44. The Balaban J connectivity index is 1.45. The average molecular weight is 621 g/mol. The summed E-state index contributed by atoms with van der Waals surface area (Å²) in [5.74, 6) is 0.527. The first-order valence-corrected chi connectivity index (χ1v) is 15.0. The largest absolute Gasteiger partial charge is 0.497 e. The SMILES string of the molecule is CCN(Cc1ccccc1)C(=O)[C@H](Cc1ccc(OC)cc1)Nc1nc2ccc(CN(C(=O)O)c3ccccc3)c(C)c2c(=O)o1. The van der Waals surface area contributed by atoms with Crippen LogP contribution in [0.5, 0.6) is 5.75 Å². The number of nitrogens with zero attached hydrogens (tertiary/aromatic N) is 3. The number of rotatable bonds is 12. The molecule has 0 saturated heterocycles. The summed E-state index contributed by atoms with van der Waals surface area (Å²) >= 11 is 0. The van der Waals surface area contributed by atoms with Crippen molar-refractivity contribution in [2.75, 3.05) is 23.9 Å². The van der Waals surface area contributed by atoms with Crippen LogP contribution in [0, 0.1) is 6.92 Å². The zero-order valence-corrected chi connectivity index (χ0v) is 26.0. The lowest BCUT2D eigenvalue weighted by atomic mass is 10.0. The molecule has 236 valence electrons. The van der Waals surface area contributed by atoms with Gasteiger partial charge in [-0.1, -0.05) is 66.7 Å². The maximum absolute atomic E-state index is 14.0. The summed E-state index contributed by atoms with van der Waals surface area (Å²) < 4.78 is 10.9. The second kappa shape index (κ2) is 14.4. The number of likely N-dealkylation sites (N-methyl/N-ethyl adjacent to an activating group) is 1. The van der Waals surface area contributed by atoms with Crippen LogP contribution in [0.3, 0.4) is 0 Å². The zero-order valence-electron chi connectivity index (χ0n) is 26.0. The van der Waals surface area contributed by atoms with E-state index in [4.69, 9.17) is 9.15 Å². The number of carboxylic acid groups (broad SMARTS) is 1. The number of aromatic nitrogens is 1. The first-order valence-electron chi connectivity index (χ1n) is 15.0.